The molecule has 1 aromatic rings. The van der Waals surface area contributed by atoms with E-state index in [9.17, 15) is 9.59 Å². The molecule has 0 spiro atoms. The molecule has 1 aromatic carbocycles. The second-order valence-corrected chi connectivity index (χ2v) is 5.16. The van der Waals surface area contributed by atoms with E-state index in [-0.39, 0.29) is 5.91 Å². The van der Waals surface area contributed by atoms with Gasteiger partial charge in [0.15, 0.2) is 6.10 Å². The molecule has 1 amide bonds. The van der Waals surface area contributed by atoms with Crippen LogP contribution in [-0.4, -0.2) is 29.2 Å². The van der Waals surface area contributed by atoms with Crippen molar-refractivity contribution in [1.29, 1.82) is 0 Å². The third-order valence-corrected chi connectivity index (χ3v) is 3.66. The minimum atomic E-state index is -1.01. The van der Waals surface area contributed by atoms with Crippen LogP contribution in [0.3, 0.4) is 0 Å². The van der Waals surface area contributed by atoms with Crippen molar-refractivity contribution >= 4 is 40.2 Å². The number of amides is 1. The van der Waals surface area contributed by atoms with E-state index in [0.717, 1.165) is 3.57 Å². The SMILES string of the molecule is O=C(O)C1CCC(C(=O)Nc2ccccc2I)O1. The lowest BCUT2D eigenvalue weighted by Crippen LogP contribution is -2.30. The van der Waals surface area contributed by atoms with Crippen LogP contribution in [0.1, 0.15) is 12.8 Å². The van der Waals surface area contributed by atoms with Crippen molar-refractivity contribution in [2.75, 3.05) is 5.32 Å². The van der Waals surface area contributed by atoms with Crippen LogP contribution in [0, 0.1) is 3.57 Å². The predicted octanol–water partition coefficient (Wildman–Crippen LogP) is 1.86. The molecule has 1 aliphatic heterocycles. The fraction of sp³-hybridized carbons (Fsp3) is 0.333. The van der Waals surface area contributed by atoms with Crippen molar-refractivity contribution in [3.05, 3.63) is 27.8 Å². The van der Waals surface area contributed by atoms with E-state index in [2.05, 4.69) is 27.9 Å². The van der Waals surface area contributed by atoms with Gasteiger partial charge in [0.05, 0.1) is 5.69 Å². The Morgan fingerprint density at radius 3 is 2.56 bits per heavy atom. The summed E-state index contributed by atoms with van der Waals surface area (Å²) in [5.74, 6) is -1.30. The maximum atomic E-state index is 11.9. The highest BCUT2D eigenvalue weighted by Crippen LogP contribution is 2.23. The van der Waals surface area contributed by atoms with Crippen LogP contribution in [0.5, 0.6) is 0 Å². The maximum Gasteiger partial charge on any atom is 0.332 e. The molecule has 0 bridgehead atoms. The standard InChI is InChI=1S/C12H12INO4/c13-7-3-1-2-4-8(7)14-11(15)9-5-6-10(18-9)12(16)17/h1-4,9-10H,5-6H2,(H,14,15)(H,16,17). The molecule has 6 heteroatoms. The Balaban J connectivity index is 1.98. The Hall–Kier alpha value is -1.15. The number of aliphatic carboxylic acids is 1. The van der Waals surface area contributed by atoms with Crippen LogP contribution in [0.25, 0.3) is 0 Å². The van der Waals surface area contributed by atoms with E-state index >= 15 is 0 Å². The zero-order valence-electron chi connectivity index (χ0n) is 9.43. The fourth-order valence-electron chi connectivity index (χ4n) is 1.79. The van der Waals surface area contributed by atoms with Crippen molar-refractivity contribution in [1.82, 2.24) is 0 Å². The number of nitrogens with one attached hydrogen (secondary N) is 1. The Kier molecular flexibility index (Phi) is 4.18. The molecular formula is C12H12INO4. The second-order valence-electron chi connectivity index (χ2n) is 4.00. The number of rotatable bonds is 3. The Morgan fingerprint density at radius 1 is 1.28 bits per heavy atom. The van der Waals surface area contributed by atoms with E-state index in [1.165, 1.54) is 0 Å². The summed E-state index contributed by atoms with van der Waals surface area (Å²) in [5, 5.41) is 11.5. The smallest absolute Gasteiger partial charge is 0.332 e. The average Bonchev–Trinajstić information content (AvgIpc) is 2.81. The Labute approximate surface area is 118 Å². The average molecular weight is 361 g/mol. The summed E-state index contributed by atoms with van der Waals surface area (Å²) >= 11 is 2.12. The number of hydrogen-bond acceptors (Lipinski definition) is 3. The summed E-state index contributed by atoms with van der Waals surface area (Å²) in [6, 6.07) is 7.38. The molecule has 0 saturated carbocycles. The highest BCUT2D eigenvalue weighted by Gasteiger charge is 2.34. The third-order valence-electron chi connectivity index (χ3n) is 2.72. The minimum absolute atomic E-state index is 0.289. The topological polar surface area (TPSA) is 75.6 Å². The summed E-state index contributed by atoms with van der Waals surface area (Å²) in [6.45, 7) is 0. The van der Waals surface area contributed by atoms with Gasteiger partial charge in [-0.1, -0.05) is 12.1 Å². The van der Waals surface area contributed by atoms with Gasteiger partial charge in [0, 0.05) is 3.57 Å². The Morgan fingerprint density at radius 2 is 1.94 bits per heavy atom. The number of carboxylic acid groups (broad SMARTS) is 1. The van der Waals surface area contributed by atoms with E-state index in [1.54, 1.807) is 6.07 Å². The molecule has 2 atom stereocenters. The fourth-order valence-corrected chi connectivity index (χ4v) is 2.31. The number of anilines is 1. The molecular weight excluding hydrogens is 349 g/mol. The van der Waals surface area contributed by atoms with Crippen LogP contribution < -0.4 is 5.32 Å². The normalized spacial score (nSPS) is 22.7. The molecule has 2 unspecified atom stereocenters. The number of hydrogen-bond donors (Lipinski definition) is 2. The number of para-hydroxylation sites is 1. The lowest BCUT2D eigenvalue weighted by atomic mass is 10.2. The van der Waals surface area contributed by atoms with E-state index in [4.69, 9.17) is 9.84 Å². The van der Waals surface area contributed by atoms with Gasteiger partial charge < -0.3 is 15.2 Å². The van der Waals surface area contributed by atoms with Crippen LogP contribution in [0.4, 0.5) is 5.69 Å². The number of carbonyl (C=O) groups is 2. The first-order valence-electron chi connectivity index (χ1n) is 5.51. The van der Waals surface area contributed by atoms with Crippen LogP contribution in [0.2, 0.25) is 0 Å². The molecule has 0 radical (unpaired) electrons. The lowest BCUT2D eigenvalue weighted by Gasteiger charge is -2.12. The highest BCUT2D eigenvalue weighted by molar-refractivity contribution is 14.1. The van der Waals surface area contributed by atoms with E-state index < -0.39 is 18.2 Å². The molecule has 1 aliphatic rings. The largest absolute Gasteiger partial charge is 0.479 e. The molecule has 1 saturated heterocycles. The molecule has 18 heavy (non-hydrogen) atoms. The summed E-state index contributed by atoms with van der Waals surface area (Å²) < 4.78 is 6.11. The lowest BCUT2D eigenvalue weighted by molar-refractivity contribution is -0.150. The number of ether oxygens (including phenoxy) is 1. The highest BCUT2D eigenvalue weighted by atomic mass is 127. The molecule has 96 valence electrons. The predicted molar refractivity (Wildman–Crippen MR) is 73.3 cm³/mol. The zero-order valence-corrected chi connectivity index (χ0v) is 11.6. The van der Waals surface area contributed by atoms with Crippen molar-refractivity contribution in [3.8, 4) is 0 Å². The van der Waals surface area contributed by atoms with E-state index in [1.807, 2.05) is 18.2 Å². The van der Waals surface area contributed by atoms with Crippen LogP contribution in [0.15, 0.2) is 24.3 Å². The first kappa shape index (κ1) is 13.3. The van der Waals surface area contributed by atoms with Gasteiger partial charge in [-0.2, -0.15) is 0 Å². The molecule has 1 heterocycles. The summed E-state index contributed by atoms with van der Waals surface area (Å²) in [7, 11) is 0. The van der Waals surface area contributed by atoms with Crippen molar-refractivity contribution < 1.29 is 19.4 Å². The van der Waals surface area contributed by atoms with Crippen molar-refractivity contribution in [2.24, 2.45) is 0 Å². The third kappa shape index (κ3) is 2.99. The zero-order chi connectivity index (χ0) is 13.1. The van der Waals surface area contributed by atoms with Gasteiger partial charge in [-0.25, -0.2) is 4.79 Å². The van der Waals surface area contributed by atoms with Crippen LogP contribution in [-0.2, 0) is 14.3 Å². The first-order chi connectivity index (χ1) is 8.58. The van der Waals surface area contributed by atoms with Gasteiger partial charge in [0.25, 0.3) is 5.91 Å². The Bertz CT molecular complexity index is 477. The number of benzene rings is 1. The van der Waals surface area contributed by atoms with Gasteiger partial charge in [-0.05, 0) is 47.6 Å². The van der Waals surface area contributed by atoms with E-state index in [0.29, 0.717) is 18.5 Å². The van der Waals surface area contributed by atoms with Crippen molar-refractivity contribution in [2.45, 2.75) is 25.0 Å². The number of halogens is 1. The summed E-state index contributed by atoms with van der Waals surface area (Å²) in [4.78, 5) is 22.6. The summed E-state index contributed by atoms with van der Waals surface area (Å²) in [6.07, 6.45) is -0.733. The molecule has 5 nitrogen and oxygen atoms in total. The monoisotopic (exact) mass is 361 g/mol. The number of carbonyl (C=O) groups excluding carboxylic acids is 1. The molecule has 1 fully saturated rings. The van der Waals surface area contributed by atoms with Crippen molar-refractivity contribution in [3.63, 3.8) is 0 Å². The molecule has 2 N–H and O–H groups in total. The quantitative estimate of drug-likeness (QED) is 0.806. The van der Waals surface area contributed by atoms with Gasteiger partial charge in [0.1, 0.15) is 6.10 Å². The number of carboxylic acids is 1. The second kappa shape index (κ2) is 5.66. The van der Waals surface area contributed by atoms with Gasteiger partial charge in [0.2, 0.25) is 0 Å². The van der Waals surface area contributed by atoms with Gasteiger partial charge in [-0.3, -0.25) is 4.79 Å². The molecule has 2 rings (SSSR count). The summed E-state index contributed by atoms with van der Waals surface area (Å²) in [5.41, 5.74) is 0.713. The minimum Gasteiger partial charge on any atom is -0.479 e. The molecule has 0 aliphatic carbocycles. The van der Waals surface area contributed by atoms with Crippen LogP contribution >= 0.6 is 22.6 Å². The first-order valence-corrected chi connectivity index (χ1v) is 6.59. The van der Waals surface area contributed by atoms with Gasteiger partial charge >= 0.3 is 5.97 Å². The maximum absolute atomic E-state index is 11.9. The molecule has 0 aromatic heterocycles. The van der Waals surface area contributed by atoms with Gasteiger partial charge in [-0.15, -0.1) is 0 Å².